The zero-order valence-electron chi connectivity index (χ0n) is 51.1. The van der Waals surface area contributed by atoms with Crippen LogP contribution in [0.3, 0.4) is 0 Å². The zero-order valence-corrected chi connectivity index (χ0v) is 51.1. The van der Waals surface area contributed by atoms with Crippen molar-refractivity contribution in [2.24, 2.45) is 28.9 Å². The van der Waals surface area contributed by atoms with Crippen LogP contribution in [-0.4, -0.2) is 169 Å². The molecule has 1 aromatic heterocycles. The lowest BCUT2D eigenvalue weighted by Gasteiger charge is -2.28. The number of carboxylic acid groups (broad SMARTS) is 2. The van der Waals surface area contributed by atoms with Crippen LogP contribution in [0.1, 0.15) is 68.2 Å². The number of primary amides is 3. The van der Waals surface area contributed by atoms with Crippen molar-refractivity contribution in [2.75, 3.05) is 6.54 Å². The van der Waals surface area contributed by atoms with Crippen molar-refractivity contribution in [3.63, 3.8) is 0 Å². The molecule has 0 aliphatic heterocycles. The molecule has 22 N–H and O–H groups in total. The number of carbonyl (C=O) groups is 14. The number of carboxylic acids is 2. The highest BCUT2D eigenvalue weighted by Crippen LogP contribution is 2.21. The van der Waals surface area contributed by atoms with Crippen LogP contribution in [0.4, 0.5) is 0 Å². The van der Waals surface area contributed by atoms with Crippen LogP contribution < -0.4 is 70.8 Å². The van der Waals surface area contributed by atoms with Crippen molar-refractivity contribution in [1.29, 1.82) is 0 Å². The molecule has 0 radical (unpaired) electrons. The van der Waals surface area contributed by atoms with Crippen molar-refractivity contribution in [3.05, 3.63) is 132 Å². The van der Waals surface area contributed by atoms with Crippen LogP contribution in [-0.2, 0) is 92.8 Å². The molecule has 0 bridgehead atoms. The van der Waals surface area contributed by atoms with Gasteiger partial charge in [0.1, 0.15) is 65.9 Å². The SMILES string of the molecule is CC(C)C[C@H](NC(=O)[C@H](Cc1c[nH]c2ccccc12)NC(=O)[C@H](Cc1ccc(O)cc1)NC(=O)[C@H](CC(=O)O)NC(=O)[C@H](CC(N)=O)NC(=O)[C@H](Cc1ccccc1)NC(=O)[C@H](CC(N)=O)NC(=O)[C@H](Cc1ccc(O)cc1)NC(=O)CN)C(=O)N[C@@H](CC(N)=O)C(=O)O. The lowest BCUT2D eigenvalue weighted by Crippen LogP contribution is -2.61. The van der Waals surface area contributed by atoms with Gasteiger partial charge >= 0.3 is 11.9 Å². The van der Waals surface area contributed by atoms with Crippen LogP contribution in [0, 0.1) is 5.92 Å². The summed E-state index contributed by atoms with van der Waals surface area (Å²) in [6, 6.07) is 9.60. The Kier molecular flexibility index (Phi) is 27.5. The van der Waals surface area contributed by atoms with E-state index in [1.54, 1.807) is 74.6 Å². The van der Waals surface area contributed by atoms with E-state index in [1.807, 2.05) is 0 Å². The number of carbonyl (C=O) groups excluding carboxylic acids is 12. The predicted octanol–water partition coefficient (Wildman–Crippen LogP) is -3.60. The van der Waals surface area contributed by atoms with Gasteiger partial charge in [0.05, 0.1) is 32.2 Å². The van der Waals surface area contributed by atoms with Crippen molar-refractivity contribution in [1.82, 2.24) is 52.8 Å². The molecule has 1 heterocycles. The molecule has 12 amide bonds. The molecule has 0 fully saturated rings. The summed E-state index contributed by atoms with van der Waals surface area (Å²) in [5.74, 6) is -17.5. The standard InChI is InChI=1S/C62H76N14O18/c1-31(2)20-40(54(85)76-48(62(93)94)27-51(66)81)69-58(89)44(24-35-30-67-39-11-7-6-10-38(35)39)72-56(87)43(23-34-14-18-37(78)19-15-34)71-61(92)47(28-53(83)84)75-60(91)46(26-50(65)80)74-57(88)42(21-32-8-4-3-5-9-32)70-59(90)45(25-49(64)79)73-55(86)41(68-52(82)29-63)22-33-12-16-36(77)17-13-33/h3-19,30-31,40-48,67,77-78H,20-29,63H2,1-2H3,(H2,64,79)(H2,65,80)(H2,66,81)(H,68,82)(H,69,89)(H,70,90)(H,71,92)(H,72,87)(H,73,86)(H,74,88)(H,75,91)(H,76,85)(H,83,84)(H,93,94)/t40-,41-,42-,43-,44-,45-,46-,47-,48-/m0/s1. The highest BCUT2D eigenvalue weighted by molar-refractivity contribution is 6.01. The second-order valence-electron chi connectivity index (χ2n) is 22.4. The number of aromatic hydroxyl groups is 2. The van der Waals surface area contributed by atoms with Gasteiger partial charge in [-0.25, -0.2) is 4.79 Å². The fourth-order valence-corrected chi connectivity index (χ4v) is 9.68. The first-order valence-electron chi connectivity index (χ1n) is 29.3. The summed E-state index contributed by atoms with van der Waals surface area (Å²) in [5.41, 5.74) is 23.9. The second-order valence-corrected chi connectivity index (χ2v) is 22.4. The molecule has 9 atom stereocenters. The molecular formula is C62H76N14O18. The molecular weight excluding hydrogens is 1230 g/mol. The van der Waals surface area contributed by atoms with Gasteiger partial charge in [-0.1, -0.05) is 86.6 Å². The van der Waals surface area contributed by atoms with E-state index in [1.165, 1.54) is 48.5 Å². The number of aliphatic carboxylic acids is 2. The number of para-hydroxylation sites is 1. The third kappa shape index (κ3) is 23.7. The van der Waals surface area contributed by atoms with Gasteiger partial charge in [-0.15, -0.1) is 0 Å². The largest absolute Gasteiger partial charge is 0.508 e. The molecule has 32 nitrogen and oxygen atoms in total. The van der Waals surface area contributed by atoms with E-state index < -0.39 is 176 Å². The molecule has 5 rings (SSSR count). The summed E-state index contributed by atoms with van der Waals surface area (Å²) in [6.07, 6.45) is -3.80. The number of nitrogens with one attached hydrogen (secondary N) is 10. The quantitative estimate of drug-likeness (QED) is 0.0183. The first-order chi connectivity index (χ1) is 44.5. The number of aromatic amines is 1. The van der Waals surface area contributed by atoms with Crippen molar-refractivity contribution in [2.45, 2.75) is 126 Å². The number of phenolic OH excluding ortho intramolecular Hbond substituents is 2. The third-order valence-corrected chi connectivity index (χ3v) is 14.3. The summed E-state index contributed by atoms with van der Waals surface area (Å²) >= 11 is 0. The smallest absolute Gasteiger partial charge is 0.326 e. The van der Waals surface area contributed by atoms with Crippen LogP contribution in [0.2, 0.25) is 0 Å². The van der Waals surface area contributed by atoms with Crippen LogP contribution in [0.5, 0.6) is 11.5 Å². The summed E-state index contributed by atoms with van der Waals surface area (Å²) in [4.78, 5) is 191. The molecule has 94 heavy (non-hydrogen) atoms. The fourth-order valence-electron chi connectivity index (χ4n) is 9.68. The van der Waals surface area contributed by atoms with E-state index in [9.17, 15) is 87.5 Å². The Morgan fingerprint density at radius 3 is 1.16 bits per heavy atom. The van der Waals surface area contributed by atoms with Gasteiger partial charge in [-0.05, 0) is 64.9 Å². The number of phenols is 2. The van der Waals surface area contributed by atoms with E-state index in [0.29, 0.717) is 27.6 Å². The molecule has 0 unspecified atom stereocenters. The van der Waals surface area contributed by atoms with Crippen LogP contribution in [0.15, 0.2) is 109 Å². The Morgan fingerprint density at radius 1 is 0.404 bits per heavy atom. The number of rotatable bonds is 37. The molecule has 0 aliphatic carbocycles. The number of benzene rings is 4. The molecule has 0 saturated carbocycles. The summed E-state index contributed by atoms with van der Waals surface area (Å²) in [5, 5.41) is 61.7. The van der Waals surface area contributed by atoms with Crippen molar-refractivity contribution >= 4 is 93.7 Å². The van der Waals surface area contributed by atoms with E-state index in [2.05, 4.69) is 52.8 Å². The third-order valence-electron chi connectivity index (χ3n) is 14.3. The number of hydrogen-bond acceptors (Lipinski definition) is 17. The Hall–Kier alpha value is -11.4. The first-order valence-corrected chi connectivity index (χ1v) is 29.3. The topological polar surface area (TPSA) is 548 Å². The maximum Gasteiger partial charge on any atom is 0.326 e. The van der Waals surface area contributed by atoms with Crippen molar-refractivity contribution < 1.29 is 87.5 Å². The normalized spacial score (nSPS) is 13.9. The predicted molar refractivity (Wildman–Crippen MR) is 333 cm³/mol. The second kappa shape index (κ2) is 35.2. The maximum atomic E-state index is 14.8. The van der Waals surface area contributed by atoms with Gasteiger partial charge in [-0.3, -0.25) is 62.3 Å². The van der Waals surface area contributed by atoms with Crippen LogP contribution >= 0.6 is 0 Å². The van der Waals surface area contributed by atoms with E-state index >= 15 is 0 Å². The first kappa shape index (κ1) is 73.3. The molecule has 502 valence electrons. The highest BCUT2D eigenvalue weighted by Gasteiger charge is 2.38. The zero-order chi connectivity index (χ0) is 69.3. The Balaban J connectivity index is 1.45. The van der Waals surface area contributed by atoms with Gasteiger partial charge in [0.15, 0.2) is 0 Å². The minimum atomic E-state index is -2.15. The van der Waals surface area contributed by atoms with Crippen molar-refractivity contribution in [3.8, 4) is 11.5 Å². The molecule has 0 aliphatic rings. The highest BCUT2D eigenvalue weighted by atomic mass is 16.4. The number of amides is 12. The monoisotopic (exact) mass is 1300 g/mol. The van der Waals surface area contributed by atoms with Gasteiger partial charge in [0.25, 0.3) is 0 Å². The number of fused-ring (bicyclic) bond motifs is 1. The van der Waals surface area contributed by atoms with Gasteiger partial charge in [0.2, 0.25) is 70.9 Å². The lowest BCUT2D eigenvalue weighted by molar-refractivity contribution is -0.144. The van der Waals surface area contributed by atoms with Gasteiger partial charge < -0.3 is 96.2 Å². The molecule has 4 aromatic carbocycles. The number of hydrogen-bond donors (Lipinski definition) is 18. The van der Waals surface area contributed by atoms with E-state index in [-0.39, 0.29) is 48.7 Å². The summed E-state index contributed by atoms with van der Waals surface area (Å²) in [7, 11) is 0. The van der Waals surface area contributed by atoms with E-state index in [4.69, 9.17) is 22.9 Å². The van der Waals surface area contributed by atoms with Gasteiger partial charge in [0, 0.05) is 42.8 Å². The maximum absolute atomic E-state index is 14.8. The average Bonchev–Trinajstić information content (AvgIpc) is 1.59. The fraction of sp³-hybridized carbons (Fsp3) is 0.355. The Labute approximate surface area is 536 Å². The minimum Gasteiger partial charge on any atom is -0.508 e. The molecule has 5 aromatic rings. The van der Waals surface area contributed by atoms with Crippen LogP contribution in [0.25, 0.3) is 10.9 Å². The minimum absolute atomic E-state index is 0.0924. The number of H-pyrrole nitrogens is 1. The molecule has 32 heteroatoms. The van der Waals surface area contributed by atoms with E-state index in [0.717, 1.165) is 0 Å². The molecule has 0 spiro atoms. The Bertz CT molecular complexity index is 3570. The average molecular weight is 1310 g/mol. The number of nitrogens with two attached hydrogens (primary N) is 4. The lowest BCUT2D eigenvalue weighted by atomic mass is 9.99. The Morgan fingerprint density at radius 2 is 0.745 bits per heavy atom. The summed E-state index contributed by atoms with van der Waals surface area (Å²) < 4.78 is 0. The van der Waals surface area contributed by atoms with Gasteiger partial charge in [-0.2, -0.15) is 0 Å². The number of aromatic nitrogens is 1. The molecule has 0 saturated heterocycles. The summed E-state index contributed by atoms with van der Waals surface area (Å²) in [6.45, 7) is 2.83.